The van der Waals surface area contributed by atoms with E-state index < -0.39 is 0 Å². The highest BCUT2D eigenvalue weighted by molar-refractivity contribution is 5.91. The Morgan fingerprint density at radius 1 is 1.05 bits per heavy atom. The average molecular weight is 298 g/mol. The van der Waals surface area contributed by atoms with Crippen LogP contribution in [-0.2, 0) is 6.54 Å². The van der Waals surface area contributed by atoms with Crippen molar-refractivity contribution >= 4 is 21.8 Å². The van der Waals surface area contributed by atoms with Crippen LogP contribution in [0.15, 0.2) is 40.2 Å². The van der Waals surface area contributed by atoms with Crippen LogP contribution in [-0.4, -0.2) is 14.2 Å². The Bertz CT molecular complexity index is 956. The van der Waals surface area contributed by atoms with Crippen molar-refractivity contribution in [1.29, 1.82) is 0 Å². The van der Waals surface area contributed by atoms with Gasteiger partial charge in [-0.2, -0.15) is 0 Å². The van der Waals surface area contributed by atoms with Gasteiger partial charge in [0, 0.05) is 18.9 Å². The van der Waals surface area contributed by atoms with E-state index in [-0.39, 0.29) is 11.1 Å². The van der Waals surface area contributed by atoms with Gasteiger partial charge in [0.15, 0.2) is 0 Å². The predicted octanol–water partition coefficient (Wildman–Crippen LogP) is 1.62. The number of nitrogen functional groups attached to an aromatic ring is 1. The molecule has 3 heterocycles. The van der Waals surface area contributed by atoms with Gasteiger partial charge in [0.1, 0.15) is 0 Å². The number of aryl methyl sites for hydroxylation is 1. The summed E-state index contributed by atoms with van der Waals surface area (Å²) in [5.41, 5.74) is 0.670. The lowest BCUT2D eigenvalue weighted by Crippen LogP contribution is -2.27. The van der Waals surface area contributed by atoms with Gasteiger partial charge in [0.05, 0.1) is 21.8 Å². The minimum atomic E-state index is -0.354. The molecule has 114 valence electrons. The number of nitrogens with zero attached hydrogens (tertiary/aromatic N) is 3. The maximum Gasteiger partial charge on any atom is 0.278 e. The van der Waals surface area contributed by atoms with Crippen molar-refractivity contribution in [1.82, 2.24) is 14.2 Å². The molecule has 0 aliphatic carbocycles. The lowest BCUT2D eigenvalue weighted by Gasteiger charge is -2.07. The first-order valence-electron chi connectivity index (χ1n) is 7.42. The Labute approximate surface area is 126 Å². The Balaban J connectivity index is 2.20. The number of hydrogen-bond acceptors (Lipinski definition) is 4. The SMILES string of the molecule is CCCCCn1ccc2nc3ccn(N)c(=O)c3cc2c1=O. The second-order valence-corrected chi connectivity index (χ2v) is 5.40. The first-order valence-corrected chi connectivity index (χ1v) is 7.42. The van der Waals surface area contributed by atoms with E-state index in [0.29, 0.717) is 28.4 Å². The minimum absolute atomic E-state index is 0.116. The molecule has 0 aromatic carbocycles. The molecule has 0 saturated carbocycles. The van der Waals surface area contributed by atoms with Crippen LogP contribution in [0.3, 0.4) is 0 Å². The molecule has 0 aliphatic heterocycles. The van der Waals surface area contributed by atoms with Gasteiger partial charge in [-0.15, -0.1) is 0 Å². The molecule has 0 bridgehead atoms. The molecular weight excluding hydrogens is 280 g/mol. The molecule has 6 nitrogen and oxygen atoms in total. The van der Waals surface area contributed by atoms with Crippen LogP contribution in [0.4, 0.5) is 0 Å². The van der Waals surface area contributed by atoms with Crippen molar-refractivity contribution in [3.63, 3.8) is 0 Å². The molecule has 0 saturated heterocycles. The molecule has 3 aromatic rings. The lowest BCUT2D eigenvalue weighted by molar-refractivity contribution is 0.590. The number of pyridine rings is 3. The fourth-order valence-corrected chi connectivity index (χ4v) is 2.59. The van der Waals surface area contributed by atoms with Crippen molar-refractivity contribution in [3.8, 4) is 0 Å². The molecule has 0 unspecified atom stereocenters. The molecule has 0 spiro atoms. The van der Waals surface area contributed by atoms with Crippen LogP contribution in [0.2, 0.25) is 0 Å². The van der Waals surface area contributed by atoms with Gasteiger partial charge >= 0.3 is 0 Å². The summed E-state index contributed by atoms with van der Waals surface area (Å²) in [6, 6.07) is 5.08. The Morgan fingerprint density at radius 3 is 2.45 bits per heavy atom. The minimum Gasteiger partial charge on any atom is -0.336 e. The third kappa shape index (κ3) is 2.36. The van der Waals surface area contributed by atoms with Crippen molar-refractivity contribution < 1.29 is 0 Å². The van der Waals surface area contributed by atoms with Crippen molar-refractivity contribution in [2.45, 2.75) is 32.7 Å². The number of aromatic nitrogens is 3. The molecule has 0 amide bonds. The van der Waals surface area contributed by atoms with Gasteiger partial charge < -0.3 is 10.4 Å². The largest absolute Gasteiger partial charge is 0.336 e. The van der Waals surface area contributed by atoms with Crippen molar-refractivity contribution in [3.05, 3.63) is 51.3 Å². The Morgan fingerprint density at radius 2 is 1.73 bits per heavy atom. The molecule has 0 fully saturated rings. The second-order valence-electron chi connectivity index (χ2n) is 5.40. The van der Waals surface area contributed by atoms with Gasteiger partial charge in [-0.25, -0.2) is 9.66 Å². The summed E-state index contributed by atoms with van der Waals surface area (Å²) in [4.78, 5) is 29.0. The molecule has 0 radical (unpaired) electrons. The van der Waals surface area contributed by atoms with Crippen LogP contribution in [0.25, 0.3) is 21.8 Å². The van der Waals surface area contributed by atoms with Crippen molar-refractivity contribution in [2.75, 3.05) is 5.84 Å². The van der Waals surface area contributed by atoms with Gasteiger partial charge in [0.25, 0.3) is 11.1 Å². The fraction of sp³-hybridized carbons (Fsp3) is 0.312. The number of rotatable bonds is 4. The smallest absolute Gasteiger partial charge is 0.278 e. The summed E-state index contributed by atoms with van der Waals surface area (Å²) in [5.74, 6) is 5.57. The van der Waals surface area contributed by atoms with Crippen molar-refractivity contribution in [2.24, 2.45) is 0 Å². The lowest BCUT2D eigenvalue weighted by atomic mass is 10.2. The fourth-order valence-electron chi connectivity index (χ4n) is 2.59. The quantitative estimate of drug-likeness (QED) is 0.451. The molecule has 6 heteroatoms. The maximum atomic E-state index is 12.5. The Hall–Kier alpha value is -2.63. The van der Waals surface area contributed by atoms with E-state index in [4.69, 9.17) is 5.84 Å². The highest BCUT2D eigenvalue weighted by atomic mass is 16.1. The number of unbranched alkanes of at least 4 members (excludes halogenated alkanes) is 2. The van der Waals surface area contributed by atoms with Crippen LogP contribution in [0.5, 0.6) is 0 Å². The average Bonchev–Trinajstić information content (AvgIpc) is 2.52. The molecule has 2 N–H and O–H groups in total. The molecule has 22 heavy (non-hydrogen) atoms. The predicted molar refractivity (Wildman–Crippen MR) is 87.4 cm³/mol. The number of hydrogen-bond donors (Lipinski definition) is 1. The topological polar surface area (TPSA) is 82.9 Å². The number of fused-ring (bicyclic) bond motifs is 2. The van der Waals surface area contributed by atoms with E-state index in [2.05, 4.69) is 11.9 Å². The van der Waals surface area contributed by atoms with Crippen LogP contribution >= 0.6 is 0 Å². The summed E-state index contributed by atoms with van der Waals surface area (Å²) in [6.07, 6.45) is 6.38. The zero-order valence-corrected chi connectivity index (χ0v) is 12.5. The van der Waals surface area contributed by atoms with Gasteiger partial charge in [-0.3, -0.25) is 9.59 Å². The third-order valence-corrected chi connectivity index (χ3v) is 3.85. The molecule has 3 rings (SSSR count). The Kier molecular flexibility index (Phi) is 3.66. The van der Waals surface area contributed by atoms with E-state index in [0.717, 1.165) is 23.9 Å². The second kappa shape index (κ2) is 5.63. The van der Waals surface area contributed by atoms with Gasteiger partial charge in [-0.1, -0.05) is 19.8 Å². The maximum absolute atomic E-state index is 12.5. The standard InChI is InChI=1S/C16H18N4O2/c1-2-3-4-7-19-8-5-13-11(15(19)21)10-12-14(18-13)6-9-20(17)16(12)22/h5-6,8-10H,2-4,7,17H2,1H3. The molecule has 3 aromatic heterocycles. The monoisotopic (exact) mass is 298 g/mol. The zero-order valence-electron chi connectivity index (χ0n) is 12.5. The van der Waals surface area contributed by atoms with Crippen LogP contribution in [0.1, 0.15) is 26.2 Å². The van der Waals surface area contributed by atoms with E-state index in [9.17, 15) is 9.59 Å². The van der Waals surface area contributed by atoms with E-state index >= 15 is 0 Å². The summed E-state index contributed by atoms with van der Waals surface area (Å²) < 4.78 is 2.67. The highest BCUT2D eigenvalue weighted by Crippen LogP contribution is 2.14. The summed E-state index contributed by atoms with van der Waals surface area (Å²) in [5, 5.41) is 0.815. The normalized spacial score (nSPS) is 11.3. The highest BCUT2D eigenvalue weighted by Gasteiger charge is 2.09. The summed E-state index contributed by atoms with van der Waals surface area (Å²) in [7, 11) is 0. The van der Waals surface area contributed by atoms with E-state index in [1.54, 1.807) is 22.9 Å². The van der Waals surface area contributed by atoms with Crippen LogP contribution in [0, 0.1) is 0 Å². The first-order chi connectivity index (χ1) is 10.6. The molecule has 0 aliphatic rings. The van der Waals surface area contributed by atoms with E-state index in [1.165, 1.54) is 6.20 Å². The van der Waals surface area contributed by atoms with Gasteiger partial charge in [0.2, 0.25) is 0 Å². The third-order valence-electron chi connectivity index (χ3n) is 3.85. The molecule has 0 atom stereocenters. The summed E-state index contributed by atoms with van der Waals surface area (Å²) >= 11 is 0. The summed E-state index contributed by atoms with van der Waals surface area (Å²) in [6.45, 7) is 2.80. The number of nitrogens with two attached hydrogens (primary N) is 1. The van der Waals surface area contributed by atoms with Gasteiger partial charge in [-0.05, 0) is 24.6 Å². The van der Waals surface area contributed by atoms with E-state index in [1.807, 2.05) is 6.07 Å². The zero-order chi connectivity index (χ0) is 15.7. The first kappa shape index (κ1) is 14.3. The molecular formula is C16H18N4O2. The van der Waals surface area contributed by atoms with Crippen LogP contribution < -0.4 is 17.0 Å².